The van der Waals surface area contributed by atoms with Crippen molar-refractivity contribution in [2.24, 2.45) is 0 Å². The first-order valence-corrected chi connectivity index (χ1v) is 6.29. The van der Waals surface area contributed by atoms with Gasteiger partial charge in [0.05, 0.1) is 12.6 Å². The van der Waals surface area contributed by atoms with Crippen molar-refractivity contribution >= 4 is 0 Å². The van der Waals surface area contributed by atoms with Crippen molar-refractivity contribution in [2.75, 3.05) is 26.2 Å². The van der Waals surface area contributed by atoms with Crippen molar-refractivity contribution in [3.05, 3.63) is 0 Å². The number of rotatable bonds is 6. The first kappa shape index (κ1) is 13.5. The molecular formula is C13H24N2O. The molecular weight excluding hydrogens is 200 g/mol. The Bertz CT molecular complexity index is 214. The summed E-state index contributed by atoms with van der Waals surface area (Å²) in [4.78, 5) is 2.33. The van der Waals surface area contributed by atoms with Crippen molar-refractivity contribution in [1.29, 1.82) is 0 Å². The molecule has 1 saturated heterocycles. The molecule has 0 aromatic rings. The lowest BCUT2D eigenvalue weighted by Gasteiger charge is -2.31. The number of hydrogen-bond acceptors (Lipinski definition) is 3. The molecule has 0 aromatic heterocycles. The number of piperidine rings is 1. The monoisotopic (exact) mass is 224 g/mol. The van der Waals surface area contributed by atoms with E-state index < -0.39 is 0 Å². The van der Waals surface area contributed by atoms with Crippen LogP contribution >= 0.6 is 0 Å². The maximum absolute atomic E-state index is 9.13. The number of aliphatic hydroxyl groups is 1. The zero-order chi connectivity index (χ0) is 11.8. The van der Waals surface area contributed by atoms with Crippen LogP contribution in [0.5, 0.6) is 0 Å². The average molecular weight is 224 g/mol. The number of hydrogen-bond donors (Lipinski definition) is 2. The largest absolute Gasteiger partial charge is 0.393 e. The highest BCUT2D eigenvalue weighted by atomic mass is 16.3. The van der Waals surface area contributed by atoms with Crippen LogP contribution in [0.4, 0.5) is 0 Å². The van der Waals surface area contributed by atoms with Gasteiger partial charge < -0.3 is 10.4 Å². The predicted octanol–water partition coefficient (Wildman–Crippen LogP) is 0.835. The summed E-state index contributed by atoms with van der Waals surface area (Å²) in [5, 5.41) is 12.7. The summed E-state index contributed by atoms with van der Waals surface area (Å²) in [6.45, 7) is 5.87. The Labute approximate surface area is 99.2 Å². The summed E-state index contributed by atoms with van der Waals surface area (Å²) < 4.78 is 0. The van der Waals surface area contributed by atoms with Gasteiger partial charge in [0, 0.05) is 19.1 Å². The highest BCUT2D eigenvalue weighted by molar-refractivity contribution is 4.90. The fraction of sp³-hybridized carbons (Fsp3) is 0.846. The molecule has 1 heterocycles. The van der Waals surface area contributed by atoms with E-state index in [-0.39, 0.29) is 6.10 Å². The van der Waals surface area contributed by atoms with E-state index in [1.807, 2.05) is 6.92 Å². The van der Waals surface area contributed by atoms with E-state index in [4.69, 9.17) is 11.5 Å². The smallest absolute Gasteiger partial charge is 0.0598 e. The normalized spacial score (nSPS) is 20.6. The Kier molecular flexibility index (Phi) is 6.47. The number of nitrogens with zero attached hydrogens (tertiary/aromatic N) is 1. The van der Waals surface area contributed by atoms with E-state index in [1.165, 1.54) is 12.8 Å². The first-order valence-electron chi connectivity index (χ1n) is 6.29. The minimum Gasteiger partial charge on any atom is -0.393 e. The Morgan fingerprint density at radius 2 is 2.19 bits per heavy atom. The molecule has 1 rings (SSSR count). The van der Waals surface area contributed by atoms with Gasteiger partial charge >= 0.3 is 0 Å². The number of nitrogens with one attached hydrogen (secondary N) is 1. The van der Waals surface area contributed by atoms with Crippen molar-refractivity contribution in [3.8, 4) is 12.3 Å². The summed E-state index contributed by atoms with van der Waals surface area (Å²) in [6, 6.07) is 0.642. The maximum atomic E-state index is 9.13. The van der Waals surface area contributed by atoms with Crippen molar-refractivity contribution in [2.45, 2.75) is 44.8 Å². The summed E-state index contributed by atoms with van der Waals surface area (Å²) in [5.74, 6) is 2.69. The van der Waals surface area contributed by atoms with Gasteiger partial charge in [0.25, 0.3) is 0 Å². The molecule has 1 unspecified atom stereocenters. The van der Waals surface area contributed by atoms with Gasteiger partial charge in [-0.25, -0.2) is 0 Å². The van der Waals surface area contributed by atoms with Crippen LogP contribution in [-0.2, 0) is 0 Å². The van der Waals surface area contributed by atoms with Gasteiger partial charge in [0.2, 0.25) is 0 Å². The number of terminal acetylenes is 1. The van der Waals surface area contributed by atoms with Gasteiger partial charge in [-0.15, -0.1) is 6.42 Å². The van der Waals surface area contributed by atoms with Crippen LogP contribution in [0.25, 0.3) is 0 Å². The second kappa shape index (κ2) is 7.67. The van der Waals surface area contributed by atoms with E-state index in [9.17, 15) is 0 Å². The molecule has 0 amide bonds. The Morgan fingerprint density at radius 3 is 2.75 bits per heavy atom. The van der Waals surface area contributed by atoms with E-state index >= 15 is 0 Å². The second-order valence-electron chi connectivity index (χ2n) is 4.70. The van der Waals surface area contributed by atoms with Crippen LogP contribution < -0.4 is 5.32 Å². The number of aliphatic hydroxyl groups excluding tert-OH is 1. The SMILES string of the molecule is C#CCN1CCC(NCCCC(C)O)CC1. The van der Waals surface area contributed by atoms with Gasteiger partial charge in [-0.2, -0.15) is 0 Å². The number of likely N-dealkylation sites (tertiary alicyclic amines) is 1. The van der Waals surface area contributed by atoms with Gasteiger partial charge in [0.15, 0.2) is 0 Å². The van der Waals surface area contributed by atoms with Gasteiger partial charge in [-0.1, -0.05) is 5.92 Å². The molecule has 1 atom stereocenters. The maximum Gasteiger partial charge on any atom is 0.0598 e. The zero-order valence-electron chi connectivity index (χ0n) is 10.3. The minimum absolute atomic E-state index is 0.167. The molecule has 92 valence electrons. The fourth-order valence-electron chi connectivity index (χ4n) is 2.13. The van der Waals surface area contributed by atoms with Crippen LogP contribution in [0.15, 0.2) is 0 Å². The molecule has 1 fully saturated rings. The van der Waals surface area contributed by atoms with Crippen LogP contribution in [0.1, 0.15) is 32.6 Å². The molecule has 0 radical (unpaired) electrons. The van der Waals surface area contributed by atoms with Gasteiger partial charge in [-0.05, 0) is 39.2 Å². The third-order valence-corrected chi connectivity index (χ3v) is 3.13. The Morgan fingerprint density at radius 1 is 1.50 bits per heavy atom. The Hall–Kier alpha value is -0.560. The quantitative estimate of drug-likeness (QED) is 0.518. The molecule has 3 nitrogen and oxygen atoms in total. The van der Waals surface area contributed by atoms with Crippen LogP contribution in [-0.4, -0.2) is 48.3 Å². The van der Waals surface area contributed by atoms with Crippen molar-refractivity contribution in [1.82, 2.24) is 10.2 Å². The van der Waals surface area contributed by atoms with Crippen LogP contribution in [0, 0.1) is 12.3 Å². The lowest BCUT2D eigenvalue weighted by atomic mass is 10.0. The molecule has 0 aromatic carbocycles. The lowest BCUT2D eigenvalue weighted by Crippen LogP contribution is -2.42. The minimum atomic E-state index is -0.167. The highest BCUT2D eigenvalue weighted by Gasteiger charge is 2.17. The summed E-state index contributed by atoms with van der Waals surface area (Å²) in [5.41, 5.74) is 0. The van der Waals surface area contributed by atoms with E-state index in [2.05, 4.69) is 16.1 Å². The third kappa shape index (κ3) is 5.50. The molecule has 1 aliphatic rings. The lowest BCUT2D eigenvalue weighted by molar-refractivity contribution is 0.178. The molecule has 0 saturated carbocycles. The topological polar surface area (TPSA) is 35.5 Å². The fourth-order valence-corrected chi connectivity index (χ4v) is 2.13. The molecule has 0 bridgehead atoms. The van der Waals surface area contributed by atoms with Crippen LogP contribution in [0.3, 0.4) is 0 Å². The summed E-state index contributed by atoms with van der Waals surface area (Å²) >= 11 is 0. The molecule has 1 aliphatic heterocycles. The van der Waals surface area contributed by atoms with Gasteiger partial charge in [-0.3, -0.25) is 4.90 Å². The molecule has 2 N–H and O–H groups in total. The zero-order valence-corrected chi connectivity index (χ0v) is 10.3. The van der Waals surface area contributed by atoms with Crippen molar-refractivity contribution in [3.63, 3.8) is 0 Å². The summed E-state index contributed by atoms with van der Waals surface area (Å²) in [6.07, 6.45) is 9.45. The molecule has 16 heavy (non-hydrogen) atoms. The Balaban J connectivity index is 2.02. The standard InChI is InChI=1S/C13H24N2O/c1-3-9-15-10-6-13(7-11-15)14-8-4-5-12(2)16/h1,12-14,16H,4-11H2,2H3. The highest BCUT2D eigenvalue weighted by Crippen LogP contribution is 2.09. The molecule has 3 heteroatoms. The average Bonchev–Trinajstić information content (AvgIpc) is 2.27. The summed E-state index contributed by atoms with van der Waals surface area (Å²) in [7, 11) is 0. The first-order chi connectivity index (χ1) is 7.72. The van der Waals surface area contributed by atoms with E-state index in [0.29, 0.717) is 6.04 Å². The van der Waals surface area contributed by atoms with Crippen LogP contribution in [0.2, 0.25) is 0 Å². The molecule has 0 spiro atoms. The van der Waals surface area contributed by atoms with Gasteiger partial charge in [0.1, 0.15) is 0 Å². The third-order valence-electron chi connectivity index (χ3n) is 3.13. The van der Waals surface area contributed by atoms with Crippen molar-refractivity contribution < 1.29 is 5.11 Å². The van der Waals surface area contributed by atoms with E-state index in [1.54, 1.807) is 0 Å². The second-order valence-corrected chi connectivity index (χ2v) is 4.70. The molecule has 0 aliphatic carbocycles. The van der Waals surface area contributed by atoms with E-state index in [0.717, 1.165) is 39.0 Å². The predicted molar refractivity (Wildman–Crippen MR) is 67.2 cm³/mol.